The average Bonchev–Trinajstić information content (AvgIpc) is 2.57. The van der Waals surface area contributed by atoms with Crippen molar-refractivity contribution >= 4 is 17.5 Å². The van der Waals surface area contributed by atoms with E-state index in [1.807, 2.05) is 0 Å². The lowest BCUT2D eigenvalue weighted by Crippen LogP contribution is -2.54. The summed E-state index contributed by atoms with van der Waals surface area (Å²) in [4.78, 5) is 38.4. The van der Waals surface area contributed by atoms with Crippen LogP contribution in [0.3, 0.4) is 0 Å². The number of halogens is 3. The Kier molecular flexibility index (Phi) is 4.67. The molecule has 0 aliphatic carbocycles. The Balaban J connectivity index is 1.74. The molecule has 1 aromatic rings. The van der Waals surface area contributed by atoms with Crippen LogP contribution in [0.1, 0.15) is 48.0 Å². The molecule has 7 heteroatoms. The SMILES string of the molecule is O=C(CC1C(=O)CCN2C(=O)CCCC12)c1ccc(C(F)(F)F)cc1. The van der Waals surface area contributed by atoms with Gasteiger partial charge in [0.05, 0.1) is 5.56 Å². The molecule has 1 aromatic carbocycles. The van der Waals surface area contributed by atoms with E-state index in [9.17, 15) is 27.6 Å². The first-order chi connectivity index (χ1) is 11.8. The molecule has 2 aliphatic rings. The maximum atomic E-state index is 12.6. The normalized spacial score (nSPS) is 24.2. The second kappa shape index (κ2) is 6.61. The lowest BCUT2D eigenvalue weighted by Gasteiger charge is -2.43. The van der Waals surface area contributed by atoms with Gasteiger partial charge < -0.3 is 4.90 Å². The van der Waals surface area contributed by atoms with E-state index in [0.29, 0.717) is 25.8 Å². The summed E-state index contributed by atoms with van der Waals surface area (Å²) in [6.45, 7) is 0.396. The van der Waals surface area contributed by atoms with Crippen LogP contribution in [0.25, 0.3) is 0 Å². The van der Waals surface area contributed by atoms with Gasteiger partial charge in [-0.2, -0.15) is 13.2 Å². The summed E-state index contributed by atoms with van der Waals surface area (Å²) in [6.07, 6.45) is -2.46. The molecule has 4 nitrogen and oxygen atoms in total. The molecule has 0 saturated carbocycles. The van der Waals surface area contributed by atoms with Crippen molar-refractivity contribution in [1.29, 1.82) is 0 Å². The van der Waals surface area contributed by atoms with Crippen molar-refractivity contribution in [3.63, 3.8) is 0 Å². The number of amides is 1. The molecule has 25 heavy (non-hydrogen) atoms. The zero-order valence-electron chi connectivity index (χ0n) is 13.5. The first kappa shape index (κ1) is 17.6. The molecule has 0 spiro atoms. The van der Waals surface area contributed by atoms with Crippen molar-refractivity contribution in [3.8, 4) is 0 Å². The molecule has 0 bridgehead atoms. The number of alkyl halides is 3. The Bertz CT molecular complexity index is 697. The van der Waals surface area contributed by atoms with E-state index in [2.05, 4.69) is 0 Å². The van der Waals surface area contributed by atoms with Gasteiger partial charge >= 0.3 is 6.18 Å². The summed E-state index contributed by atoms with van der Waals surface area (Å²) in [5.74, 6) is -0.966. The predicted octanol–water partition coefficient (Wildman–Crippen LogP) is 3.25. The van der Waals surface area contributed by atoms with Crippen molar-refractivity contribution in [1.82, 2.24) is 4.90 Å². The van der Waals surface area contributed by atoms with Crippen molar-refractivity contribution in [2.24, 2.45) is 5.92 Å². The zero-order valence-corrected chi connectivity index (χ0v) is 13.5. The van der Waals surface area contributed by atoms with Gasteiger partial charge in [-0.05, 0) is 25.0 Å². The Labute approximate surface area is 143 Å². The molecule has 0 N–H and O–H groups in total. The second-order valence-electron chi connectivity index (χ2n) is 6.57. The molecular formula is C18H18F3NO3. The van der Waals surface area contributed by atoms with Crippen LogP contribution in [0.4, 0.5) is 13.2 Å². The van der Waals surface area contributed by atoms with Crippen molar-refractivity contribution in [2.75, 3.05) is 6.54 Å². The number of rotatable bonds is 3. The van der Waals surface area contributed by atoms with E-state index in [1.54, 1.807) is 4.90 Å². The molecule has 2 atom stereocenters. The highest BCUT2D eigenvalue weighted by Gasteiger charge is 2.41. The minimum absolute atomic E-state index is 0.00993. The van der Waals surface area contributed by atoms with E-state index < -0.39 is 17.7 Å². The number of Topliss-reactive ketones (excluding diaryl/α,β-unsaturated/α-hetero) is 2. The first-order valence-electron chi connectivity index (χ1n) is 8.30. The van der Waals surface area contributed by atoms with Gasteiger partial charge in [0.15, 0.2) is 5.78 Å². The molecule has 3 rings (SSSR count). The Morgan fingerprint density at radius 1 is 1.12 bits per heavy atom. The minimum atomic E-state index is -4.45. The number of benzene rings is 1. The fourth-order valence-corrected chi connectivity index (χ4v) is 3.70. The van der Waals surface area contributed by atoms with Gasteiger partial charge in [-0.25, -0.2) is 0 Å². The van der Waals surface area contributed by atoms with Gasteiger partial charge in [-0.1, -0.05) is 12.1 Å². The predicted molar refractivity (Wildman–Crippen MR) is 82.9 cm³/mol. The number of hydrogen-bond donors (Lipinski definition) is 0. The molecule has 2 heterocycles. The van der Waals surface area contributed by atoms with Gasteiger partial charge in [0.25, 0.3) is 0 Å². The van der Waals surface area contributed by atoms with Gasteiger partial charge in [-0.15, -0.1) is 0 Å². The molecule has 134 valence electrons. The van der Waals surface area contributed by atoms with E-state index >= 15 is 0 Å². The van der Waals surface area contributed by atoms with E-state index in [1.165, 1.54) is 0 Å². The highest BCUT2D eigenvalue weighted by atomic mass is 19.4. The number of piperidine rings is 2. The van der Waals surface area contributed by atoms with Crippen molar-refractivity contribution in [2.45, 2.75) is 44.3 Å². The highest BCUT2D eigenvalue weighted by molar-refractivity contribution is 5.99. The van der Waals surface area contributed by atoms with Crippen molar-refractivity contribution in [3.05, 3.63) is 35.4 Å². The fourth-order valence-electron chi connectivity index (χ4n) is 3.70. The highest BCUT2D eigenvalue weighted by Crippen LogP contribution is 2.33. The third kappa shape index (κ3) is 3.60. The van der Waals surface area contributed by atoms with Crippen molar-refractivity contribution < 1.29 is 27.6 Å². The third-order valence-electron chi connectivity index (χ3n) is 5.03. The maximum absolute atomic E-state index is 12.6. The average molecular weight is 353 g/mol. The van der Waals surface area contributed by atoms with E-state index in [-0.39, 0.29) is 41.9 Å². The van der Waals surface area contributed by atoms with Crippen LogP contribution in [0.5, 0.6) is 0 Å². The summed E-state index contributed by atoms with van der Waals surface area (Å²) >= 11 is 0. The number of carbonyl (C=O) groups excluding carboxylic acids is 3. The summed E-state index contributed by atoms with van der Waals surface area (Å²) in [5, 5.41) is 0. The minimum Gasteiger partial charge on any atom is -0.339 e. The van der Waals surface area contributed by atoms with Gasteiger partial charge in [0.2, 0.25) is 5.91 Å². The summed E-state index contributed by atoms with van der Waals surface area (Å²) in [7, 11) is 0. The molecule has 2 unspecified atom stereocenters. The van der Waals surface area contributed by atoms with E-state index in [4.69, 9.17) is 0 Å². The molecule has 0 radical (unpaired) electrons. The van der Waals surface area contributed by atoms with Gasteiger partial charge in [0.1, 0.15) is 5.78 Å². The second-order valence-corrected chi connectivity index (χ2v) is 6.57. The zero-order chi connectivity index (χ0) is 18.2. The topological polar surface area (TPSA) is 54.5 Å². The van der Waals surface area contributed by atoms with Crippen LogP contribution in [0.2, 0.25) is 0 Å². The first-order valence-corrected chi connectivity index (χ1v) is 8.30. The van der Waals surface area contributed by atoms with Crippen LogP contribution >= 0.6 is 0 Å². The number of nitrogens with zero attached hydrogens (tertiary/aromatic N) is 1. The smallest absolute Gasteiger partial charge is 0.339 e. The summed E-state index contributed by atoms with van der Waals surface area (Å²) in [6, 6.07) is 3.75. The number of carbonyl (C=O) groups is 3. The molecule has 2 aliphatic heterocycles. The van der Waals surface area contributed by atoms with E-state index in [0.717, 1.165) is 24.3 Å². The van der Waals surface area contributed by atoms with Crippen LogP contribution < -0.4 is 0 Å². The fraction of sp³-hybridized carbons (Fsp3) is 0.500. The molecule has 2 saturated heterocycles. The monoisotopic (exact) mass is 353 g/mol. The number of ketones is 2. The number of fused-ring (bicyclic) bond motifs is 1. The van der Waals surface area contributed by atoms with Crippen LogP contribution in [0, 0.1) is 5.92 Å². The van der Waals surface area contributed by atoms with Crippen LogP contribution in [-0.4, -0.2) is 35.0 Å². The van der Waals surface area contributed by atoms with Gasteiger partial charge in [-0.3, -0.25) is 14.4 Å². The Morgan fingerprint density at radius 3 is 2.44 bits per heavy atom. The lowest BCUT2D eigenvalue weighted by molar-refractivity contribution is -0.145. The molecule has 2 fully saturated rings. The Morgan fingerprint density at radius 2 is 1.80 bits per heavy atom. The molecular weight excluding hydrogens is 335 g/mol. The maximum Gasteiger partial charge on any atom is 0.416 e. The van der Waals surface area contributed by atoms with Gasteiger partial charge in [0, 0.05) is 43.3 Å². The molecule has 0 aromatic heterocycles. The quantitative estimate of drug-likeness (QED) is 0.784. The standard InChI is InChI=1S/C18H18F3NO3/c19-18(20,21)12-6-4-11(5-7-12)16(24)10-13-14-2-1-3-17(25)22(14)9-8-15(13)23/h4-7,13-14H,1-3,8-10H2. The Hall–Kier alpha value is -2.18. The lowest BCUT2D eigenvalue weighted by atomic mass is 9.79. The van der Waals surface area contributed by atoms with Crippen LogP contribution in [-0.2, 0) is 15.8 Å². The largest absolute Gasteiger partial charge is 0.416 e. The number of hydrogen-bond acceptors (Lipinski definition) is 3. The van der Waals surface area contributed by atoms with Crippen LogP contribution in [0.15, 0.2) is 24.3 Å². The summed E-state index contributed by atoms with van der Waals surface area (Å²) in [5.41, 5.74) is -0.665. The summed E-state index contributed by atoms with van der Waals surface area (Å²) < 4.78 is 37.8. The third-order valence-corrected chi connectivity index (χ3v) is 5.03. The molecule has 1 amide bonds.